The van der Waals surface area contributed by atoms with Gasteiger partial charge in [-0.05, 0) is 79.9 Å². The van der Waals surface area contributed by atoms with Crippen LogP contribution in [0.1, 0.15) is 43.2 Å². The quantitative estimate of drug-likeness (QED) is 0.720. The number of ether oxygens (including phenoxy) is 1. The third kappa shape index (κ3) is 1.97. The highest BCUT2D eigenvalue weighted by molar-refractivity contribution is 5.38. The monoisotopic (exact) mass is 282 g/mol. The SMILES string of the molecule is COC=CC1C2CC3CC(C2)CC1(c1ccccc1C)C3. The maximum absolute atomic E-state index is 5.28. The van der Waals surface area contributed by atoms with E-state index in [1.165, 1.54) is 37.7 Å². The van der Waals surface area contributed by atoms with Gasteiger partial charge in [0, 0.05) is 5.41 Å². The molecule has 0 heterocycles. The van der Waals surface area contributed by atoms with Crippen molar-refractivity contribution in [2.45, 2.75) is 44.4 Å². The van der Waals surface area contributed by atoms with E-state index in [1.807, 2.05) is 6.26 Å². The second kappa shape index (κ2) is 4.90. The highest BCUT2D eigenvalue weighted by atomic mass is 16.5. The molecule has 0 amide bonds. The Bertz CT molecular complexity index is 545. The molecule has 0 saturated heterocycles. The number of methoxy groups -OCH3 is 1. The number of hydrogen-bond donors (Lipinski definition) is 0. The summed E-state index contributed by atoms with van der Waals surface area (Å²) in [7, 11) is 1.77. The van der Waals surface area contributed by atoms with E-state index in [0.717, 1.165) is 17.8 Å². The largest absolute Gasteiger partial charge is 0.505 e. The second-order valence-corrected chi connectivity index (χ2v) is 7.67. The van der Waals surface area contributed by atoms with Crippen molar-refractivity contribution < 1.29 is 4.74 Å². The average molecular weight is 282 g/mol. The predicted molar refractivity (Wildman–Crippen MR) is 86.1 cm³/mol. The van der Waals surface area contributed by atoms with Crippen LogP contribution in [0.25, 0.3) is 0 Å². The highest BCUT2D eigenvalue weighted by Crippen LogP contribution is 2.64. The van der Waals surface area contributed by atoms with Crippen molar-refractivity contribution >= 4 is 0 Å². The molecule has 1 heteroatoms. The number of benzene rings is 1. The van der Waals surface area contributed by atoms with E-state index in [-0.39, 0.29) is 0 Å². The first-order chi connectivity index (χ1) is 10.2. The molecular weight excluding hydrogens is 256 g/mol. The van der Waals surface area contributed by atoms with Gasteiger partial charge >= 0.3 is 0 Å². The molecule has 4 bridgehead atoms. The Balaban J connectivity index is 1.82. The average Bonchev–Trinajstić information content (AvgIpc) is 2.46. The molecule has 4 fully saturated rings. The molecule has 4 saturated carbocycles. The summed E-state index contributed by atoms with van der Waals surface area (Å²) in [5.74, 6) is 3.48. The minimum Gasteiger partial charge on any atom is -0.505 e. The van der Waals surface area contributed by atoms with E-state index in [4.69, 9.17) is 4.74 Å². The number of hydrogen-bond acceptors (Lipinski definition) is 1. The first kappa shape index (κ1) is 13.4. The van der Waals surface area contributed by atoms with Crippen molar-refractivity contribution in [2.24, 2.45) is 23.7 Å². The van der Waals surface area contributed by atoms with Crippen molar-refractivity contribution in [1.29, 1.82) is 0 Å². The van der Waals surface area contributed by atoms with Crippen LogP contribution in [0.15, 0.2) is 36.6 Å². The van der Waals surface area contributed by atoms with Gasteiger partial charge < -0.3 is 4.74 Å². The van der Waals surface area contributed by atoms with Crippen molar-refractivity contribution in [2.75, 3.05) is 7.11 Å². The summed E-state index contributed by atoms with van der Waals surface area (Å²) in [6.07, 6.45) is 11.5. The Morgan fingerprint density at radius 3 is 2.48 bits per heavy atom. The van der Waals surface area contributed by atoms with E-state index in [1.54, 1.807) is 12.7 Å². The Kier molecular flexibility index (Phi) is 3.13. The molecule has 4 aliphatic carbocycles. The van der Waals surface area contributed by atoms with Gasteiger partial charge in [0.1, 0.15) is 0 Å². The van der Waals surface area contributed by atoms with Gasteiger partial charge in [-0.1, -0.05) is 24.3 Å². The van der Waals surface area contributed by atoms with E-state index in [0.29, 0.717) is 11.3 Å². The van der Waals surface area contributed by atoms with Crippen molar-refractivity contribution in [3.63, 3.8) is 0 Å². The summed E-state index contributed by atoms with van der Waals surface area (Å²) in [5.41, 5.74) is 3.49. The zero-order valence-electron chi connectivity index (χ0n) is 13.2. The van der Waals surface area contributed by atoms with Crippen LogP contribution in [0.4, 0.5) is 0 Å². The van der Waals surface area contributed by atoms with Crippen LogP contribution in [0.5, 0.6) is 0 Å². The van der Waals surface area contributed by atoms with Gasteiger partial charge in [-0.2, -0.15) is 0 Å². The van der Waals surface area contributed by atoms with Gasteiger partial charge in [-0.3, -0.25) is 0 Å². The van der Waals surface area contributed by atoms with Gasteiger partial charge in [-0.25, -0.2) is 0 Å². The summed E-state index contributed by atoms with van der Waals surface area (Å²) in [6.45, 7) is 2.30. The molecule has 0 spiro atoms. The molecular formula is C20H26O. The standard InChI is InChI=1S/C20H26O/c1-14-5-3-4-6-18(14)20-12-15-9-16(13-20)11-17(10-15)19(20)7-8-21-2/h3-8,15-17,19H,9-13H2,1-2H3. The van der Waals surface area contributed by atoms with Gasteiger partial charge in [0.15, 0.2) is 0 Å². The lowest BCUT2D eigenvalue weighted by atomic mass is 9.43. The summed E-state index contributed by atoms with van der Waals surface area (Å²) in [4.78, 5) is 0. The molecule has 5 rings (SSSR count). The lowest BCUT2D eigenvalue weighted by Gasteiger charge is -2.61. The van der Waals surface area contributed by atoms with Gasteiger partial charge in [0.2, 0.25) is 0 Å². The van der Waals surface area contributed by atoms with E-state index in [2.05, 4.69) is 37.3 Å². The third-order valence-corrected chi connectivity index (χ3v) is 6.49. The van der Waals surface area contributed by atoms with Crippen molar-refractivity contribution in [3.8, 4) is 0 Å². The predicted octanol–water partition coefficient (Wildman–Crippen LogP) is 4.85. The summed E-state index contributed by atoms with van der Waals surface area (Å²) in [6, 6.07) is 9.11. The van der Waals surface area contributed by atoms with Crippen LogP contribution in [0.2, 0.25) is 0 Å². The Morgan fingerprint density at radius 2 is 1.81 bits per heavy atom. The second-order valence-electron chi connectivity index (χ2n) is 7.67. The molecule has 1 aromatic carbocycles. The number of allylic oxidation sites excluding steroid dienone is 1. The minimum absolute atomic E-state index is 0.384. The normalized spacial score (nSPS) is 40.9. The number of aryl methyl sites for hydroxylation is 1. The van der Waals surface area contributed by atoms with Gasteiger partial charge in [0.25, 0.3) is 0 Å². The fourth-order valence-electron chi connectivity index (χ4n) is 6.12. The molecule has 0 aromatic heterocycles. The lowest BCUT2D eigenvalue weighted by Crippen LogP contribution is -2.54. The van der Waals surface area contributed by atoms with Crippen LogP contribution in [0, 0.1) is 30.6 Å². The summed E-state index contributed by atoms with van der Waals surface area (Å²) < 4.78 is 5.28. The lowest BCUT2D eigenvalue weighted by molar-refractivity contribution is -0.0426. The van der Waals surface area contributed by atoms with Gasteiger partial charge in [0.05, 0.1) is 13.4 Å². The van der Waals surface area contributed by atoms with Crippen molar-refractivity contribution in [3.05, 3.63) is 47.7 Å². The summed E-state index contributed by atoms with van der Waals surface area (Å²) in [5, 5.41) is 0. The first-order valence-electron chi connectivity index (χ1n) is 8.48. The number of rotatable bonds is 3. The molecule has 0 aliphatic heterocycles. The molecule has 112 valence electrons. The Morgan fingerprint density at radius 1 is 1.10 bits per heavy atom. The zero-order chi connectivity index (χ0) is 14.4. The van der Waals surface area contributed by atoms with Crippen LogP contribution >= 0.6 is 0 Å². The molecule has 4 aliphatic rings. The Hall–Kier alpha value is -1.24. The van der Waals surface area contributed by atoms with E-state index < -0.39 is 0 Å². The van der Waals surface area contributed by atoms with Crippen LogP contribution in [0.3, 0.4) is 0 Å². The first-order valence-corrected chi connectivity index (χ1v) is 8.48. The minimum atomic E-state index is 0.384. The zero-order valence-corrected chi connectivity index (χ0v) is 13.2. The Labute approximate surface area is 128 Å². The fourth-order valence-corrected chi connectivity index (χ4v) is 6.12. The molecule has 1 aromatic rings. The summed E-state index contributed by atoms with van der Waals surface area (Å²) >= 11 is 0. The van der Waals surface area contributed by atoms with E-state index >= 15 is 0 Å². The maximum Gasteiger partial charge on any atom is 0.0787 e. The molecule has 3 unspecified atom stereocenters. The highest BCUT2D eigenvalue weighted by Gasteiger charge is 2.57. The maximum atomic E-state index is 5.28. The fraction of sp³-hybridized carbons (Fsp3) is 0.600. The molecule has 21 heavy (non-hydrogen) atoms. The third-order valence-electron chi connectivity index (χ3n) is 6.49. The smallest absolute Gasteiger partial charge is 0.0787 e. The van der Waals surface area contributed by atoms with Gasteiger partial charge in [-0.15, -0.1) is 0 Å². The van der Waals surface area contributed by atoms with E-state index in [9.17, 15) is 0 Å². The molecule has 1 nitrogen and oxygen atoms in total. The van der Waals surface area contributed by atoms with Crippen LogP contribution in [-0.2, 0) is 10.2 Å². The topological polar surface area (TPSA) is 9.23 Å². The molecule has 3 atom stereocenters. The molecule has 0 radical (unpaired) electrons. The molecule has 0 N–H and O–H groups in total. The van der Waals surface area contributed by atoms with Crippen LogP contribution in [-0.4, -0.2) is 7.11 Å². The van der Waals surface area contributed by atoms with Crippen LogP contribution < -0.4 is 0 Å². The van der Waals surface area contributed by atoms with Crippen molar-refractivity contribution in [1.82, 2.24) is 0 Å².